The number of hydrogen-bond donors (Lipinski definition) is 3. The summed E-state index contributed by atoms with van der Waals surface area (Å²) in [4.78, 5) is 33.3. The van der Waals surface area contributed by atoms with E-state index in [1.54, 1.807) is 12.4 Å². The first kappa shape index (κ1) is 26.8. The Labute approximate surface area is 175 Å². The van der Waals surface area contributed by atoms with Gasteiger partial charge >= 0.3 is 35.5 Å². The molecule has 0 unspecified atom stereocenters. The monoisotopic (exact) mass is 383 g/mol. The first-order valence-electron chi connectivity index (χ1n) is 7.73. The number of nitrogens with two attached hydrogens (primary N) is 1. The summed E-state index contributed by atoms with van der Waals surface area (Å²) in [6.45, 7) is 4.05. The van der Waals surface area contributed by atoms with E-state index >= 15 is 0 Å². The first-order valence-corrected chi connectivity index (χ1v) is 8.88. The average molecular weight is 383 g/mol. The smallest absolute Gasteiger partial charge is 0.480 e. The van der Waals surface area contributed by atoms with Gasteiger partial charge < -0.3 is 26.4 Å². The summed E-state index contributed by atoms with van der Waals surface area (Å²) >= 11 is 1.50. The van der Waals surface area contributed by atoms with Crippen LogP contribution in [-0.4, -0.2) is 40.8 Å². The van der Waals surface area contributed by atoms with Crippen LogP contribution in [0.15, 0.2) is 11.8 Å². The van der Waals surface area contributed by atoms with E-state index < -0.39 is 12.0 Å². The number of thioether (sulfide) groups is 1. The standard InChI is InChI=1S/C16H25N2O4S.Na.H2O/c1-16(2)8-12(16)14(20)18-11(9-19)6-4-3-5-7-23-10-13(17)15(21)22;;/h6,12-13H,3-5,7-8,10,17H2,1-2H3,(H,18,20)(H,21,22);;1H2/q-1;+1;/p+1/b11-6-;;/t12-,13+;;/m1../s1. The van der Waals surface area contributed by atoms with E-state index in [9.17, 15) is 14.4 Å². The van der Waals surface area contributed by atoms with Gasteiger partial charge in [0, 0.05) is 18.0 Å². The van der Waals surface area contributed by atoms with Crippen LogP contribution in [0.4, 0.5) is 0 Å². The van der Waals surface area contributed by atoms with E-state index in [0.717, 1.165) is 25.0 Å². The summed E-state index contributed by atoms with van der Waals surface area (Å²) in [5.74, 6) is 0.0988. The van der Waals surface area contributed by atoms with Gasteiger partial charge in [-0.05, 0) is 24.0 Å². The van der Waals surface area contributed by atoms with E-state index in [4.69, 9.17) is 10.8 Å². The predicted molar refractivity (Wildman–Crippen MR) is 95.5 cm³/mol. The molecule has 1 amide bonds. The number of nitrogens with one attached hydrogen (secondary N) is 1. The zero-order valence-electron chi connectivity index (χ0n) is 15.2. The van der Waals surface area contributed by atoms with Gasteiger partial charge in [0.05, 0.1) is 0 Å². The van der Waals surface area contributed by atoms with Crippen LogP contribution in [0, 0.1) is 11.3 Å². The van der Waals surface area contributed by atoms with E-state index in [1.807, 2.05) is 13.8 Å². The summed E-state index contributed by atoms with van der Waals surface area (Å²) < 4.78 is 0. The van der Waals surface area contributed by atoms with Crippen LogP contribution in [0.25, 0.3) is 0 Å². The first-order chi connectivity index (χ1) is 10.8. The molecule has 1 saturated carbocycles. The Kier molecular flexibility index (Phi) is 13.8. The second-order valence-corrected chi connectivity index (χ2v) is 7.62. The minimum atomic E-state index is -0.985. The second-order valence-electron chi connectivity index (χ2n) is 6.47. The van der Waals surface area contributed by atoms with Crippen LogP contribution >= 0.6 is 11.8 Å². The van der Waals surface area contributed by atoms with Gasteiger partial charge in [-0.3, -0.25) is 9.59 Å². The van der Waals surface area contributed by atoms with Crippen LogP contribution < -0.4 is 40.6 Å². The third-order valence-corrected chi connectivity index (χ3v) is 5.08. The molecule has 1 aliphatic rings. The van der Waals surface area contributed by atoms with Crippen molar-refractivity contribution in [2.24, 2.45) is 17.1 Å². The van der Waals surface area contributed by atoms with Crippen molar-refractivity contribution < 1.29 is 54.5 Å². The Hall–Kier alpha value is -0.380. The van der Waals surface area contributed by atoms with Gasteiger partial charge in [-0.2, -0.15) is 11.8 Å². The van der Waals surface area contributed by atoms with Crippen LogP contribution in [0.5, 0.6) is 0 Å². The van der Waals surface area contributed by atoms with Gasteiger partial charge in [0.1, 0.15) is 6.04 Å². The Morgan fingerprint density at radius 2 is 2.04 bits per heavy atom. The number of unbranched alkanes of at least 4 members (excludes halogenated alkanes) is 2. The number of hydrogen-bond acceptors (Lipinski definition) is 5. The number of aliphatic carboxylic acids is 1. The molecule has 0 aromatic carbocycles. The summed E-state index contributed by atoms with van der Waals surface area (Å²) in [7, 11) is 0. The largest absolute Gasteiger partial charge is 1.00 e. The molecule has 1 fully saturated rings. The fourth-order valence-corrected chi connectivity index (χ4v) is 3.10. The molecular formula is C16H28N2NaO5S+. The molecule has 0 bridgehead atoms. The molecule has 2 atom stereocenters. The minimum absolute atomic E-state index is 0. The summed E-state index contributed by atoms with van der Waals surface area (Å²) in [5.41, 5.74) is 5.64. The number of amides is 1. The van der Waals surface area contributed by atoms with Crippen molar-refractivity contribution in [3.63, 3.8) is 0 Å². The number of carboxylic acids is 1. The number of carbonyl (C=O) groups excluding carboxylic acids is 2. The molecule has 7 nitrogen and oxygen atoms in total. The fraction of sp³-hybridized carbons (Fsp3) is 0.688. The minimum Gasteiger partial charge on any atom is -0.480 e. The molecular weight excluding hydrogens is 355 g/mol. The van der Waals surface area contributed by atoms with Crippen molar-refractivity contribution in [1.29, 1.82) is 0 Å². The van der Waals surface area contributed by atoms with Gasteiger partial charge in [-0.15, -0.1) is 0 Å². The molecule has 7 N–H and O–H groups in total. The zero-order chi connectivity index (χ0) is 17.5. The summed E-state index contributed by atoms with van der Waals surface area (Å²) in [6, 6.07) is -0.821. The molecule has 1 aliphatic carbocycles. The number of carbonyl (C=O) groups is 2. The van der Waals surface area contributed by atoms with E-state index in [1.165, 1.54) is 11.8 Å². The predicted octanol–water partition coefficient (Wildman–Crippen LogP) is -2.46. The van der Waals surface area contributed by atoms with Gasteiger partial charge in [0.2, 0.25) is 5.91 Å². The van der Waals surface area contributed by atoms with Crippen LogP contribution in [0.1, 0.15) is 39.5 Å². The van der Waals surface area contributed by atoms with E-state index in [2.05, 4.69) is 5.32 Å². The number of rotatable bonds is 11. The Morgan fingerprint density at radius 1 is 1.44 bits per heavy atom. The molecule has 0 saturated heterocycles. The SMILES string of the molecule is CC1(C)C[C@@H]1C(=O)N/C([C-]=O)=C\CCCCSC[C@H](N)C(=O)O.[Na+].[OH3+]. The second kappa shape index (κ2) is 12.9. The summed E-state index contributed by atoms with van der Waals surface area (Å²) in [5, 5.41) is 11.3. The normalized spacial score (nSPS) is 19.0. The van der Waals surface area contributed by atoms with Gasteiger partial charge in [0.25, 0.3) is 0 Å². The molecule has 0 aromatic rings. The van der Waals surface area contributed by atoms with Gasteiger partial charge in [0.15, 0.2) is 0 Å². The van der Waals surface area contributed by atoms with Crippen molar-refractivity contribution in [1.82, 2.24) is 5.32 Å². The third kappa shape index (κ3) is 10.4. The molecule has 0 spiro atoms. The molecule has 0 aliphatic heterocycles. The zero-order valence-corrected chi connectivity index (χ0v) is 18.0. The number of allylic oxidation sites excluding steroid dienone is 2. The van der Waals surface area contributed by atoms with Crippen molar-refractivity contribution in [3.05, 3.63) is 11.8 Å². The summed E-state index contributed by atoms with van der Waals surface area (Å²) in [6.07, 6.45) is 6.72. The topological polar surface area (TPSA) is 142 Å². The maximum Gasteiger partial charge on any atom is 1.00 e. The van der Waals surface area contributed by atoms with Crippen molar-refractivity contribution in [2.45, 2.75) is 45.6 Å². The average Bonchev–Trinajstić information content (AvgIpc) is 3.13. The fourth-order valence-electron chi connectivity index (χ4n) is 2.13. The van der Waals surface area contributed by atoms with Crippen LogP contribution in [0.3, 0.4) is 0 Å². The molecule has 0 aromatic heterocycles. The van der Waals surface area contributed by atoms with Crippen LogP contribution in [-0.2, 0) is 19.9 Å². The Bertz CT molecular complexity index is 485. The molecule has 0 heterocycles. The quantitative estimate of drug-likeness (QED) is 0.119. The van der Waals surface area contributed by atoms with Crippen LogP contribution in [0.2, 0.25) is 0 Å². The molecule has 138 valence electrons. The van der Waals surface area contributed by atoms with Crippen molar-refractivity contribution in [2.75, 3.05) is 11.5 Å². The van der Waals surface area contributed by atoms with Gasteiger partial charge in [-0.1, -0.05) is 32.4 Å². The molecule has 1 rings (SSSR count). The van der Waals surface area contributed by atoms with Crippen molar-refractivity contribution in [3.8, 4) is 0 Å². The van der Waals surface area contributed by atoms with Crippen molar-refractivity contribution >= 4 is 29.9 Å². The third-order valence-electron chi connectivity index (χ3n) is 3.90. The maximum absolute atomic E-state index is 11.9. The van der Waals surface area contributed by atoms with Gasteiger partial charge in [-0.25, -0.2) is 6.08 Å². The Morgan fingerprint density at radius 3 is 2.52 bits per heavy atom. The number of carboxylic acid groups (broad SMARTS) is 1. The molecule has 0 radical (unpaired) electrons. The molecule has 25 heavy (non-hydrogen) atoms. The van der Waals surface area contributed by atoms with E-state index in [0.29, 0.717) is 12.2 Å². The maximum atomic E-state index is 11.9. The van der Waals surface area contributed by atoms with E-state index in [-0.39, 0.29) is 58.0 Å². The molecule has 9 heteroatoms. The Balaban J connectivity index is 0.